The van der Waals surface area contributed by atoms with E-state index in [0.29, 0.717) is 6.42 Å². The van der Waals surface area contributed by atoms with E-state index in [0.717, 1.165) is 16.5 Å². The maximum atomic E-state index is 11.5. The van der Waals surface area contributed by atoms with Gasteiger partial charge in [-0.05, 0) is 11.6 Å². The minimum atomic E-state index is -0.408. The smallest absolute Gasteiger partial charge is 0.251 e. The Morgan fingerprint density at radius 2 is 2.18 bits per heavy atom. The fraction of sp³-hybridized carbons (Fsp3) is 0.167. The number of hydrogen-bond donors (Lipinski definition) is 3. The molecule has 1 aliphatic heterocycles. The van der Waals surface area contributed by atoms with Crippen LogP contribution in [0.4, 0.5) is 0 Å². The summed E-state index contributed by atoms with van der Waals surface area (Å²) in [5.74, 6) is 0.0765. The van der Waals surface area contributed by atoms with Crippen molar-refractivity contribution < 1.29 is 4.79 Å². The Morgan fingerprint density at radius 3 is 2.94 bits per heavy atom. The molecule has 0 saturated heterocycles. The topological polar surface area (TPSA) is 83.3 Å². The van der Waals surface area contributed by atoms with Gasteiger partial charge in [-0.1, -0.05) is 18.2 Å². The normalized spacial score (nSPS) is 19.4. The Morgan fingerprint density at radius 1 is 1.35 bits per heavy atom. The number of H-pyrrole nitrogens is 1. The largest absolute Gasteiger partial charge is 0.370 e. The van der Waals surface area contributed by atoms with Gasteiger partial charge in [0.1, 0.15) is 6.04 Å². The molecule has 4 N–H and O–H groups in total. The summed E-state index contributed by atoms with van der Waals surface area (Å²) in [6, 6.07) is 7.58. The number of carbonyl (C=O) groups excluding carboxylic acids is 1. The van der Waals surface area contributed by atoms with Crippen molar-refractivity contribution in [3.63, 3.8) is 0 Å². The molecule has 0 spiro atoms. The summed E-state index contributed by atoms with van der Waals surface area (Å²) in [5, 5.41) is 3.63. The molecule has 0 saturated carbocycles. The first-order valence-corrected chi connectivity index (χ1v) is 5.43. The first-order chi connectivity index (χ1) is 8.24. The number of aliphatic imine (C=N–C) groups is 1. The molecule has 0 bridgehead atoms. The van der Waals surface area contributed by atoms with Crippen molar-refractivity contribution in [1.82, 2.24) is 10.3 Å². The fourth-order valence-electron chi connectivity index (χ4n) is 2.12. The van der Waals surface area contributed by atoms with Gasteiger partial charge in [-0.3, -0.25) is 10.1 Å². The number of para-hydroxylation sites is 1. The summed E-state index contributed by atoms with van der Waals surface area (Å²) < 4.78 is 0. The molecule has 2 heterocycles. The van der Waals surface area contributed by atoms with Gasteiger partial charge in [0, 0.05) is 23.5 Å². The Labute approximate surface area is 97.7 Å². The summed E-state index contributed by atoms with van der Waals surface area (Å²) in [6.07, 6.45) is 2.48. The van der Waals surface area contributed by atoms with Crippen LogP contribution in [-0.4, -0.2) is 22.9 Å². The van der Waals surface area contributed by atoms with Crippen LogP contribution in [0.15, 0.2) is 35.5 Å². The lowest BCUT2D eigenvalue weighted by Crippen LogP contribution is -2.33. The van der Waals surface area contributed by atoms with Gasteiger partial charge in [0.15, 0.2) is 5.96 Å². The number of nitrogens with one attached hydrogen (secondary N) is 2. The first kappa shape index (κ1) is 9.89. The third kappa shape index (κ3) is 1.65. The second-order valence-corrected chi connectivity index (χ2v) is 4.08. The summed E-state index contributed by atoms with van der Waals surface area (Å²) in [6.45, 7) is 0. The van der Waals surface area contributed by atoms with Crippen LogP contribution in [0.25, 0.3) is 10.9 Å². The Bertz CT molecular complexity index is 614. The summed E-state index contributed by atoms with van der Waals surface area (Å²) in [5.41, 5.74) is 7.62. The van der Waals surface area contributed by atoms with Crippen molar-refractivity contribution in [3.05, 3.63) is 36.0 Å². The van der Waals surface area contributed by atoms with Crippen LogP contribution in [0.2, 0.25) is 0 Å². The minimum Gasteiger partial charge on any atom is -0.370 e. The predicted octanol–water partition coefficient (Wildman–Crippen LogP) is 0.523. The molecule has 1 unspecified atom stereocenters. The van der Waals surface area contributed by atoms with Crippen LogP contribution in [0, 0.1) is 0 Å². The Balaban J connectivity index is 1.93. The van der Waals surface area contributed by atoms with E-state index in [4.69, 9.17) is 5.73 Å². The standard InChI is InChI=1S/C12H12N4O/c13-12-15-10(11(17)16-12)5-7-6-14-9-4-2-1-3-8(7)9/h1-4,6,10,14H,5H2,(H3,13,15,16,17). The highest BCUT2D eigenvalue weighted by Crippen LogP contribution is 2.20. The van der Waals surface area contributed by atoms with Gasteiger partial charge in [0.25, 0.3) is 5.91 Å². The van der Waals surface area contributed by atoms with E-state index in [1.165, 1.54) is 0 Å². The van der Waals surface area contributed by atoms with Gasteiger partial charge in [0.2, 0.25) is 0 Å². The molecule has 1 amide bonds. The summed E-state index contributed by atoms with van der Waals surface area (Å²) >= 11 is 0. The Kier molecular flexibility index (Phi) is 2.11. The number of benzene rings is 1. The van der Waals surface area contributed by atoms with Crippen LogP contribution < -0.4 is 11.1 Å². The number of amides is 1. The second-order valence-electron chi connectivity index (χ2n) is 4.08. The quantitative estimate of drug-likeness (QED) is 0.700. The molecule has 1 atom stereocenters. The van der Waals surface area contributed by atoms with E-state index < -0.39 is 6.04 Å². The molecule has 5 heteroatoms. The highest BCUT2D eigenvalue weighted by Gasteiger charge is 2.25. The van der Waals surface area contributed by atoms with Crippen molar-refractivity contribution in [2.45, 2.75) is 12.5 Å². The van der Waals surface area contributed by atoms with Crippen LogP contribution in [-0.2, 0) is 11.2 Å². The fourth-order valence-corrected chi connectivity index (χ4v) is 2.12. The molecule has 17 heavy (non-hydrogen) atoms. The molecular formula is C12H12N4O. The maximum absolute atomic E-state index is 11.5. The molecule has 1 aromatic carbocycles. The van der Waals surface area contributed by atoms with E-state index in [1.54, 1.807) is 0 Å². The van der Waals surface area contributed by atoms with Crippen LogP contribution in [0.3, 0.4) is 0 Å². The van der Waals surface area contributed by atoms with Crippen molar-refractivity contribution in [2.24, 2.45) is 10.7 Å². The molecule has 1 aromatic heterocycles. The lowest BCUT2D eigenvalue weighted by Gasteiger charge is -2.02. The molecule has 5 nitrogen and oxygen atoms in total. The molecule has 0 fully saturated rings. The third-order valence-corrected chi connectivity index (χ3v) is 2.94. The van der Waals surface area contributed by atoms with E-state index in [2.05, 4.69) is 15.3 Å². The Hall–Kier alpha value is -2.30. The molecule has 1 aliphatic rings. The number of fused-ring (bicyclic) bond motifs is 1. The zero-order valence-corrected chi connectivity index (χ0v) is 9.10. The van der Waals surface area contributed by atoms with Crippen molar-refractivity contribution >= 4 is 22.8 Å². The van der Waals surface area contributed by atoms with Gasteiger partial charge in [-0.15, -0.1) is 0 Å². The van der Waals surface area contributed by atoms with E-state index in [-0.39, 0.29) is 11.9 Å². The average Bonchev–Trinajstić information content (AvgIpc) is 2.85. The van der Waals surface area contributed by atoms with Crippen LogP contribution >= 0.6 is 0 Å². The predicted molar refractivity (Wildman–Crippen MR) is 65.6 cm³/mol. The molecule has 2 aromatic rings. The van der Waals surface area contributed by atoms with Gasteiger partial charge >= 0.3 is 0 Å². The highest BCUT2D eigenvalue weighted by molar-refractivity contribution is 6.04. The van der Waals surface area contributed by atoms with Gasteiger partial charge in [-0.25, -0.2) is 4.99 Å². The van der Waals surface area contributed by atoms with Crippen molar-refractivity contribution in [1.29, 1.82) is 0 Å². The van der Waals surface area contributed by atoms with Gasteiger partial charge in [0.05, 0.1) is 0 Å². The van der Waals surface area contributed by atoms with E-state index >= 15 is 0 Å². The number of rotatable bonds is 2. The molecule has 0 radical (unpaired) electrons. The number of aromatic nitrogens is 1. The second kappa shape index (κ2) is 3.62. The number of nitrogens with two attached hydrogens (primary N) is 1. The number of aromatic amines is 1. The van der Waals surface area contributed by atoms with Gasteiger partial charge < -0.3 is 10.7 Å². The lowest BCUT2D eigenvalue weighted by atomic mass is 10.1. The van der Waals surface area contributed by atoms with Crippen LogP contribution in [0.5, 0.6) is 0 Å². The monoisotopic (exact) mass is 228 g/mol. The molecule has 0 aliphatic carbocycles. The average molecular weight is 228 g/mol. The number of carbonyl (C=O) groups is 1. The highest BCUT2D eigenvalue weighted by atomic mass is 16.2. The zero-order valence-electron chi connectivity index (χ0n) is 9.10. The molecular weight excluding hydrogens is 216 g/mol. The number of nitrogens with zero attached hydrogens (tertiary/aromatic N) is 1. The number of guanidine groups is 1. The summed E-state index contributed by atoms with van der Waals surface area (Å²) in [7, 11) is 0. The van der Waals surface area contributed by atoms with Crippen molar-refractivity contribution in [3.8, 4) is 0 Å². The minimum absolute atomic E-state index is 0.132. The number of hydrogen-bond acceptors (Lipinski definition) is 3. The lowest BCUT2D eigenvalue weighted by molar-refractivity contribution is -0.120. The van der Waals surface area contributed by atoms with E-state index in [9.17, 15) is 4.79 Å². The maximum Gasteiger partial charge on any atom is 0.251 e. The van der Waals surface area contributed by atoms with Crippen LogP contribution in [0.1, 0.15) is 5.56 Å². The zero-order chi connectivity index (χ0) is 11.8. The van der Waals surface area contributed by atoms with Crippen molar-refractivity contribution in [2.75, 3.05) is 0 Å². The molecule has 3 rings (SSSR count). The molecule has 86 valence electrons. The van der Waals surface area contributed by atoms with Gasteiger partial charge in [-0.2, -0.15) is 0 Å². The summed E-state index contributed by atoms with van der Waals surface area (Å²) in [4.78, 5) is 18.8. The van der Waals surface area contributed by atoms with E-state index in [1.807, 2.05) is 30.5 Å². The third-order valence-electron chi connectivity index (χ3n) is 2.94. The first-order valence-electron chi connectivity index (χ1n) is 5.43. The SMILES string of the molecule is NC1=NC(Cc2c[nH]c3ccccc23)C(=O)N1.